The number of aliphatic imine (C=N–C) groups is 1. The Morgan fingerprint density at radius 1 is 1.32 bits per heavy atom. The SMILES string of the molecule is CCOc1ccccc1CNC(=NC)NC(C)CC. The molecule has 19 heavy (non-hydrogen) atoms. The lowest BCUT2D eigenvalue weighted by molar-refractivity contribution is 0.336. The van der Waals surface area contributed by atoms with E-state index in [0.717, 1.165) is 23.7 Å². The first-order chi connectivity index (χ1) is 9.21. The Morgan fingerprint density at radius 2 is 2.05 bits per heavy atom. The topological polar surface area (TPSA) is 45.6 Å². The molecule has 0 bridgehead atoms. The third kappa shape index (κ3) is 5.20. The highest BCUT2D eigenvalue weighted by molar-refractivity contribution is 5.79. The molecule has 0 fully saturated rings. The quantitative estimate of drug-likeness (QED) is 0.612. The van der Waals surface area contributed by atoms with Crippen LogP contribution in [-0.4, -0.2) is 25.7 Å². The van der Waals surface area contributed by atoms with Crippen molar-refractivity contribution < 1.29 is 4.74 Å². The molecule has 0 saturated carbocycles. The molecule has 1 aromatic carbocycles. The average Bonchev–Trinajstić information content (AvgIpc) is 2.44. The number of guanidine groups is 1. The highest BCUT2D eigenvalue weighted by atomic mass is 16.5. The largest absolute Gasteiger partial charge is 0.494 e. The first kappa shape index (κ1) is 15.3. The number of ether oxygens (including phenoxy) is 1. The molecule has 1 atom stereocenters. The summed E-state index contributed by atoms with van der Waals surface area (Å²) in [6.07, 6.45) is 1.07. The van der Waals surface area contributed by atoms with Crippen molar-refractivity contribution in [2.45, 2.75) is 39.8 Å². The Labute approximate surface area is 116 Å². The van der Waals surface area contributed by atoms with Gasteiger partial charge in [0.15, 0.2) is 5.96 Å². The molecule has 0 aliphatic heterocycles. The number of rotatable bonds is 6. The van der Waals surface area contributed by atoms with Crippen LogP contribution in [0.15, 0.2) is 29.3 Å². The number of para-hydroxylation sites is 1. The molecule has 2 N–H and O–H groups in total. The van der Waals surface area contributed by atoms with Crippen molar-refractivity contribution in [2.24, 2.45) is 4.99 Å². The molecule has 0 aliphatic rings. The van der Waals surface area contributed by atoms with E-state index >= 15 is 0 Å². The van der Waals surface area contributed by atoms with Crippen molar-refractivity contribution in [3.8, 4) is 5.75 Å². The molecule has 4 heteroatoms. The molecule has 0 radical (unpaired) electrons. The van der Waals surface area contributed by atoms with E-state index in [1.54, 1.807) is 7.05 Å². The summed E-state index contributed by atoms with van der Waals surface area (Å²) >= 11 is 0. The standard InChI is InChI=1S/C15H25N3O/c1-5-12(3)18-15(16-4)17-11-13-9-7-8-10-14(13)19-6-2/h7-10,12H,5-6,11H2,1-4H3,(H2,16,17,18). The zero-order valence-electron chi connectivity index (χ0n) is 12.4. The summed E-state index contributed by atoms with van der Waals surface area (Å²) in [5, 5.41) is 6.64. The molecule has 0 spiro atoms. The van der Waals surface area contributed by atoms with E-state index in [1.807, 2.05) is 25.1 Å². The highest BCUT2D eigenvalue weighted by Crippen LogP contribution is 2.17. The van der Waals surface area contributed by atoms with E-state index in [0.29, 0.717) is 19.2 Å². The summed E-state index contributed by atoms with van der Waals surface area (Å²) in [6.45, 7) is 7.66. The lowest BCUT2D eigenvalue weighted by atomic mass is 10.2. The zero-order valence-corrected chi connectivity index (χ0v) is 12.4. The van der Waals surface area contributed by atoms with Gasteiger partial charge < -0.3 is 15.4 Å². The summed E-state index contributed by atoms with van der Waals surface area (Å²) < 4.78 is 5.60. The monoisotopic (exact) mass is 263 g/mol. The summed E-state index contributed by atoms with van der Waals surface area (Å²) in [4.78, 5) is 4.22. The van der Waals surface area contributed by atoms with Crippen molar-refractivity contribution in [1.29, 1.82) is 0 Å². The van der Waals surface area contributed by atoms with E-state index < -0.39 is 0 Å². The summed E-state index contributed by atoms with van der Waals surface area (Å²) in [5.41, 5.74) is 1.14. The van der Waals surface area contributed by atoms with Crippen molar-refractivity contribution in [3.05, 3.63) is 29.8 Å². The van der Waals surface area contributed by atoms with Crippen molar-refractivity contribution >= 4 is 5.96 Å². The van der Waals surface area contributed by atoms with Crippen LogP contribution >= 0.6 is 0 Å². The molecular formula is C15H25N3O. The van der Waals surface area contributed by atoms with Crippen LogP contribution in [0.3, 0.4) is 0 Å². The van der Waals surface area contributed by atoms with Crippen molar-refractivity contribution in [3.63, 3.8) is 0 Å². The van der Waals surface area contributed by atoms with E-state index in [4.69, 9.17) is 4.74 Å². The smallest absolute Gasteiger partial charge is 0.191 e. The van der Waals surface area contributed by atoms with E-state index in [9.17, 15) is 0 Å². The Balaban J connectivity index is 2.60. The Morgan fingerprint density at radius 3 is 2.68 bits per heavy atom. The third-order valence-electron chi connectivity index (χ3n) is 2.94. The fraction of sp³-hybridized carbons (Fsp3) is 0.533. The van der Waals surface area contributed by atoms with Gasteiger partial charge >= 0.3 is 0 Å². The second-order valence-corrected chi connectivity index (χ2v) is 4.42. The predicted molar refractivity (Wildman–Crippen MR) is 80.7 cm³/mol. The summed E-state index contributed by atoms with van der Waals surface area (Å²) in [7, 11) is 1.78. The second kappa shape index (κ2) is 8.40. The molecule has 1 aromatic rings. The summed E-state index contributed by atoms with van der Waals surface area (Å²) in [6, 6.07) is 8.47. The molecule has 0 aliphatic carbocycles. The Hall–Kier alpha value is -1.71. The molecule has 0 heterocycles. The molecule has 0 saturated heterocycles. The van der Waals surface area contributed by atoms with E-state index in [-0.39, 0.29) is 0 Å². The van der Waals surface area contributed by atoms with Crippen LogP contribution in [-0.2, 0) is 6.54 Å². The molecule has 1 unspecified atom stereocenters. The van der Waals surface area contributed by atoms with Gasteiger partial charge in [-0.15, -0.1) is 0 Å². The highest BCUT2D eigenvalue weighted by Gasteiger charge is 2.05. The van der Waals surface area contributed by atoms with E-state index in [2.05, 4.69) is 35.5 Å². The van der Waals surface area contributed by atoms with Crippen LogP contribution in [0.4, 0.5) is 0 Å². The van der Waals surface area contributed by atoms with Gasteiger partial charge in [-0.1, -0.05) is 25.1 Å². The van der Waals surface area contributed by atoms with Gasteiger partial charge in [-0.2, -0.15) is 0 Å². The maximum atomic E-state index is 5.60. The van der Waals surface area contributed by atoms with Crippen LogP contribution in [0.5, 0.6) is 5.75 Å². The lowest BCUT2D eigenvalue weighted by Crippen LogP contribution is -2.41. The minimum atomic E-state index is 0.410. The minimum Gasteiger partial charge on any atom is -0.494 e. The van der Waals surface area contributed by atoms with Gasteiger partial charge in [0.05, 0.1) is 6.61 Å². The van der Waals surface area contributed by atoms with Gasteiger partial charge in [-0.05, 0) is 26.3 Å². The lowest BCUT2D eigenvalue weighted by Gasteiger charge is -2.17. The number of benzene rings is 1. The second-order valence-electron chi connectivity index (χ2n) is 4.42. The predicted octanol–water partition coefficient (Wildman–Crippen LogP) is 2.55. The fourth-order valence-corrected chi connectivity index (χ4v) is 1.66. The molecule has 0 amide bonds. The van der Waals surface area contributed by atoms with Crippen LogP contribution < -0.4 is 15.4 Å². The Kier molecular flexibility index (Phi) is 6.79. The summed E-state index contributed by atoms with van der Waals surface area (Å²) in [5.74, 6) is 1.75. The number of hydrogen-bond donors (Lipinski definition) is 2. The zero-order chi connectivity index (χ0) is 14.1. The normalized spacial score (nSPS) is 12.9. The van der Waals surface area contributed by atoms with Crippen LogP contribution in [0.25, 0.3) is 0 Å². The fourth-order valence-electron chi connectivity index (χ4n) is 1.66. The maximum Gasteiger partial charge on any atom is 0.191 e. The first-order valence-electron chi connectivity index (χ1n) is 6.89. The van der Waals surface area contributed by atoms with Crippen molar-refractivity contribution in [2.75, 3.05) is 13.7 Å². The van der Waals surface area contributed by atoms with Gasteiger partial charge in [-0.3, -0.25) is 4.99 Å². The number of nitrogens with one attached hydrogen (secondary N) is 2. The molecule has 4 nitrogen and oxygen atoms in total. The van der Waals surface area contributed by atoms with E-state index in [1.165, 1.54) is 0 Å². The van der Waals surface area contributed by atoms with Gasteiger partial charge in [0.25, 0.3) is 0 Å². The molecule has 0 aromatic heterocycles. The molecule has 106 valence electrons. The minimum absolute atomic E-state index is 0.410. The number of nitrogens with zero attached hydrogens (tertiary/aromatic N) is 1. The van der Waals surface area contributed by atoms with Crippen LogP contribution in [0.2, 0.25) is 0 Å². The number of hydrogen-bond acceptors (Lipinski definition) is 2. The molecular weight excluding hydrogens is 238 g/mol. The maximum absolute atomic E-state index is 5.60. The van der Waals surface area contributed by atoms with Gasteiger partial charge in [-0.25, -0.2) is 0 Å². The third-order valence-corrected chi connectivity index (χ3v) is 2.94. The molecule has 1 rings (SSSR count). The van der Waals surface area contributed by atoms with Gasteiger partial charge in [0.1, 0.15) is 5.75 Å². The first-order valence-corrected chi connectivity index (χ1v) is 6.89. The van der Waals surface area contributed by atoms with Crippen LogP contribution in [0, 0.1) is 0 Å². The Bertz CT molecular complexity index is 404. The average molecular weight is 263 g/mol. The van der Waals surface area contributed by atoms with Gasteiger partial charge in [0, 0.05) is 25.2 Å². The van der Waals surface area contributed by atoms with Gasteiger partial charge in [0.2, 0.25) is 0 Å². The van der Waals surface area contributed by atoms with Crippen molar-refractivity contribution in [1.82, 2.24) is 10.6 Å². The van der Waals surface area contributed by atoms with Crippen LogP contribution in [0.1, 0.15) is 32.8 Å².